The van der Waals surface area contributed by atoms with Crippen LogP contribution in [0.1, 0.15) is 18.9 Å². The van der Waals surface area contributed by atoms with Crippen LogP contribution in [0.4, 0.5) is 5.69 Å². The molecule has 0 aliphatic rings. The molecule has 1 aromatic rings. The second kappa shape index (κ2) is 7.99. The van der Waals surface area contributed by atoms with E-state index in [0.717, 1.165) is 12.0 Å². The van der Waals surface area contributed by atoms with Gasteiger partial charge in [0, 0.05) is 25.4 Å². The fourth-order valence-corrected chi connectivity index (χ4v) is 1.52. The van der Waals surface area contributed by atoms with Crippen LogP contribution in [0.2, 0.25) is 0 Å². The van der Waals surface area contributed by atoms with Gasteiger partial charge in [0.15, 0.2) is 0 Å². The number of nitrogens with one attached hydrogen (secondary N) is 1. The van der Waals surface area contributed by atoms with E-state index in [1.54, 1.807) is 25.3 Å². The SMILES string of the molecule is CCCNC(=O)CN(C)C(=O)/C=C/c1ccc(N)cc1. The quantitative estimate of drug-likeness (QED) is 0.606. The molecule has 0 aliphatic heterocycles. The summed E-state index contributed by atoms with van der Waals surface area (Å²) < 4.78 is 0. The van der Waals surface area contributed by atoms with E-state index in [2.05, 4.69) is 5.32 Å². The number of hydrogen-bond donors (Lipinski definition) is 2. The van der Waals surface area contributed by atoms with Gasteiger partial charge in [0.2, 0.25) is 11.8 Å². The molecule has 3 N–H and O–H groups in total. The number of hydrogen-bond acceptors (Lipinski definition) is 3. The smallest absolute Gasteiger partial charge is 0.246 e. The lowest BCUT2D eigenvalue weighted by atomic mass is 10.2. The second-order valence-electron chi connectivity index (χ2n) is 4.54. The van der Waals surface area contributed by atoms with Crippen LogP contribution in [0.15, 0.2) is 30.3 Å². The summed E-state index contributed by atoms with van der Waals surface area (Å²) in [6.45, 7) is 2.66. The lowest BCUT2D eigenvalue weighted by Crippen LogP contribution is -2.37. The highest BCUT2D eigenvalue weighted by molar-refractivity contribution is 5.94. The standard InChI is InChI=1S/C15H21N3O2/c1-3-10-17-14(19)11-18(2)15(20)9-6-12-4-7-13(16)8-5-12/h4-9H,3,10-11,16H2,1-2H3,(H,17,19)/b9-6+. The zero-order valence-corrected chi connectivity index (χ0v) is 11.9. The van der Waals surface area contributed by atoms with E-state index >= 15 is 0 Å². The first-order valence-electron chi connectivity index (χ1n) is 6.58. The molecule has 1 aromatic carbocycles. The van der Waals surface area contributed by atoms with Crippen LogP contribution < -0.4 is 11.1 Å². The Morgan fingerprint density at radius 1 is 1.30 bits per heavy atom. The van der Waals surface area contributed by atoms with E-state index in [1.807, 2.05) is 19.1 Å². The fourth-order valence-electron chi connectivity index (χ4n) is 1.52. The maximum absolute atomic E-state index is 11.8. The lowest BCUT2D eigenvalue weighted by Gasteiger charge is -2.14. The minimum atomic E-state index is -0.214. The number of nitrogens with two attached hydrogens (primary N) is 1. The van der Waals surface area contributed by atoms with Crippen LogP contribution >= 0.6 is 0 Å². The zero-order chi connectivity index (χ0) is 15.0. The van der Waals surface area contributed by atoms with Crippen molar-refractivity contribution in [2.75, 3.05) is 25.9 Å². The molecule has 1 rings (SSSR count). The van der Waals surface area contributed by atoms with E-state index in [4.69, 9.17) is 5.73 Å². The summed E-state index contributed by atoms with van der Waals surface area (Å²) in [7, 11) is 1.60. The van der Waals surface area contributed by atoms with Crippen molar-refractivity contribution < 1.29 is 9.59 Å². The summed E-state index contributed by atoms with van der Waals surface area (Å²) in [6, 6.07) is 7.19. The number of amides is 2. The van der Waals surface area contributed by atoms with Crippen LogP contribution in [-0.2, 0) is 9.59 Å². The second-order valence-corrected chi connectivity index (χ2v) is 4.54. The van der Waals surface area contributed by atoms with Gasteiger partial charge in [-0.3, -0.25) is 9.59 Å². The molecule has 0 bridgehead atoms. The number of nitrogens with zero attached hydrogens (tertiary/aromatic N) is 1. The van der Waals surface area contributed by atoms with E-state index in [9.17, 15) is 9.59 Å². The van der Waals surface area contributed by atoms with Crippen molar-refractivity contribution in [3.05, 3.63) is 35.9 Å². The first-order valence-corrected chi connectivity index (χ1v) is 6.58. The lowest BCUT2D eigenvalue weighted by molar-refractivity contribution is -0.131. The van der Waals surface area contributed by atoms with Crippen LogP contribution in [0.5, 0.6) is 0 Å². The molecule has 108 valence electrons. The van der Waals surface area contributed by atoms with Crippen molar-refractivity contribution in [2.45, 2.75) is 13.3 Å². The molecule has 5 nitrogen and oxygen atoms in total. The molecule has 0 saturated carbocycles. The highest BCUT2D eigenvalue weighted by Gasteiger charge is 2.09. The molecule has 2 amide bonds. The summed E-state index contributed by atoms with van der Waals surface area (Å²) in [5, 5.41) is 2.73. The Kier molecular flexibility index (Phi) is 6.29. The zero-order valence-electron chi connectivity index (χ0n) is 11.9. The molecule has 5 heteroatoms. The predicted molar refractivity (Wildman–Crippen MR) is 80.8 cm³/mol. The molecule has 0 spiro atoms. The van der Waals surface area contributed by atoms with Gasteiger partial charge in [-0.1, -0.05) is 19.1 Å². The number of likely N-dealkylation sites (N-methyl/N-ethyl adjacent to an activating group) is 1. The van der Waals surface area contributed by atoms with Gasteiger partial charge in [-0.2, -0.15) is 0 Å². The molecular weight excluding hydrogens is 254 g/mol. The third-order valence-electron chi connectivity index (χ3n) is 2.68. The summed E-state index contributed by atoms with van der Waals surface area (Å²) in [5.74, 6) is -0.364. The molecule has 0 saturated heterocycles. The highest BCUT2D eigenvalue weighted by Crippen LogP contribution is 2.07. The Morgan fingerprint density at radius 3 is 2.55 bits per heavy atom. The van der Waals surface area contributed by atoms with Crippen molar-refractivity contribution >= 4 is 23.6 Å². The van der Waals surface area contributed by atoms with Crippen LogP contribution in [0.3, 0.4) is 0 Å². The molecule has 0 unspecified atom stereocenters. The Morgan fingerprint density at radius 2 is 1.95 bits per heavy atom. The van der Waals surface area contributed by atoms with Crippen molar-refractivity contribution in [1.29, 1.82) is 0 Å². The van der Waals surface area contributed by atoms with Gasteiger partial charge in [-0.05, 0) is 30.2 Å². The largest absolute Gasteiger partial charge is 0.399 e. The molecule has 20 heavy (non-hydrogen) atoms. The van der Waals surface area contributed by atoms with Crippen molar-refractivity contribution in [3.8, 4) is 0 Å². The van der Waals surface area contributed by atoms with E-state index in [-0.39, 0.29) is 18.4 Å². The van der Waals surface area contributed by atoms with Crippen LogP contribution in [0, 0.1) is 0 Å². The molecular formula is C15H21N3O2. The average Bonchev–Trinajstić information content (AvgIpc) is 2.44. The Labute approximate surface area is 119 Å². The number of nitrogen functional groups attached to an aromatic ring is 1. The number of anilines is 1. The third-order valence-corrected chi connectivity index (χ3v) is 2.68. The third kappa shape index (κ3) is 5.56. The van der Waals surface area contributed by atoms with Gasteiger partial charge >= 0.3 is 0 Å². The first kappa shape index (κ1) is 15.8. The fraction of sp³-hybridized carbons (Fsp3) is 0.333. The monoisotopic (exact) mass is 275 g/mol. The van der Waals surface area contributed by atoms with Gasteiger partial charge in [-0.15, -0.1) is 0 Å². The number of carbonyl (C=O) groups excluding carboxylic acids is 2. The molecule has 0 heterocycles. The van der Waals surface area contributed by atoms with Crippen LogP contribution in [0.25, 0.3) is 6.08 Å². The van der Waals surface area contributed by atoms with Gasteiger partial charge in [0.1, 0.15) is 0 Å². The molecule has 0 fully saturated rings. The summed E-state index contributed by atoms with van der Waals surface area (Å²) in [6.07, 6.45) is 4.02. The van der Waals surface area contributed by atoms with Gasteiger partial charge in [0.25, 0.3) is 0 Å². The van der Waals surface area contributed by atoms with E-state index in [0.29, 0.717) is 12.2 Å². The summed E-state index contributed by atoms with van der Waals surface area (Å²) in [5.41, 5.74) is 7.15. The summed E-state index contributed by atoms with van der Waals surface area (Å²) in [4.78, 5) is 24.7. The number of carbonyl (C=O) groups is 2. The van der Waals surface area contributed by atoms with Crippen molar-refractivity contribution in [1.82, 2.24) is 10.2 Å². The molecule has 0 atom stereocenters. The minimum absolute atomic E-state index is 0.0604. The molecule has 0 aliphatic carbocycles. The van der Waals surface area contributed by atoms with Gasteiger partial charge in [-0.25, -0.2) is 0 Å². The van der Waals surface area contributed by atoms with Gasteiger partial charge in [0.05, 0.1) is 6.54 Å². The minimum Gasteiger partial charge on any atom is -0.399 e. The highest BCUT2D eigenvalue weighted by atomic mass is 16.2. The predicted octanol–water partition coefficient (Wildman–Crippen LogP) is 1.27. The Bertz CT molecular complexity index is 480. The first-order chi connectivity index (χ1) is 9.52. The maximum atomic E-state index is 11.8. The number of rotatable bonds is 6. The average molecular weight is 275 g/mol. The van der Waals surface area contributed by atoms with Crippen molar-refractivity contribution in [2.24, 2.45) is 0 Å². The van der Waals surface area contributed by atoms with Crippen LogP contribution in [-0.4, -0.2) is 36.9 Å². The Hall–Kier alpha value is -2.30. The molecule has 0 radical (unpaired) electrons. The normalized spacial score (nSPS) is 10.5. The van der Waals surface area contributed by atoms with Gasteiger partial charge < -0.3 is 16.0 Å². The summed E-state index contributed by atoms with van der Waals surface area (Å²) >= 11 is 0. The topological polar surface area (TPSA) is 75.4 Å². The van der Waals surface area contributed by atoms with E-state index in [1.165, 1.54) is 11.0 Å². The Balaban J connectivity index is 2.48. The maximum Gasteiger partial charge on any atom is 0.246 e. The van der Waals surface area contributed by atoms with Crippen molar-refractivity contribution in [3.63, 3.8) is 0 Å². The molecule has 0 aromatic heterocycles. The number of benzene rings is 1. The van der Waals surface area contributed by atoms with E-state index < -0.39 is 0 Å².